The predicted octanol–water partition coefficient (Wildman–Crippen LogP) is 4.42. The van der Waals surface area contributed by atoms with E-state index in [9.17, 15) is 0 Å². The van der Waals surface area contributed by atoms with Crippen LogP contribution < -0.4 is 5.32 Å². The molecule has 3 heterocycles. The van der Waals surface area contributed by atoms with Gasteiger partial charge in [0.05, 0.1) is 16.1 Å². The van der Waals surface area contributed by atoms with Gasteiger partial charge >= 0.3 is 0 Å². The molecule has 1 aliphatic heterocycles. The van der Waals surface area contributed by atoms with Crippen molar-refractivity contribution >= 4 is 27.3 Å². The van der Waals surface area contributed by atoms with Crippen molar-refractivity contribution in [1.82, 2.24) is 10.2 Å². The Kier molecular flexibility index (Phi) is 5.52. The highest BCUT2D eigenvalue weighted by atomic mass is 79.9. The van der Waals surface area contributed by atoms with Crippen LogP contribution in [0.5, 0.6) is 0 Å². The van der Waals surface area contributed by atoms with Crippen LogP contribution in [0.3, 0.4) is 0 Å². The summed E-state index contributed by atoms with van der Waals surface area (Å²) in [6, 6.07) is 8.72. The van der Waals surface area contributed by atoms with Gasteiger partial charge in [0.1, 0.15) is 5.76 Å². The van der Waals surface area contributed by atoms with Crippen molar-refractivity contribution in [3.05, 3.63) is 45.0 Å². The number of rotatable bonds is 6. The quantitative estimate of drug-likeness (QED) is 0.817. The van der Waals surface area contributed by atoms with Crippen LogP contribution in [0.2, 0.25) is 0 Å². The van der Waals surface area contributed by atoms with Gasteiger partial charge in [-0.15, -0.1) is 11.3 Å². The highest BCUT2D eigenvalue weighted by Gasteiger charge is 2.23. The first-order valence-corrected chi connectivity index (χ1v) is 9.16. The second-order valence-electron chi connectivity index (χ2n) is 5.46. The summed E-state index contributed by atoms with van der Waals surface area (Å²) in [6.45, 7) is 4.21. The third-order valence-corrected chi connectivity index (χ3v) is 5.59. The lowest BCUT2D eigenvalue weighted by Crippen LogP contribution is -2.38. The predicted molar refractivity (Wildman–Crippen MR) is 90.6 cm³/mol. The minimum absolute atomic E-state index is 0.351. The molecule has 1 aliphatic rings. The molecule has 0 aromatic carbocycles. The van der Waals surface area contributed by atoms with Crippen LogP contribution in [-0.4, -0.2) is 24.5 Å². The zero-order valence-corrected chi connectivity index (χ0v) is 14.5. The number of piperidine rings is 1. The second kappa shape index (κ2) is 7.58. The van der Waals surface area contributed by atoms with E-state index in [2.05, 4.69) is 44.3 Å². The molecular formula is C16H21BrN2OS. The number of likely N-dealkylation sites (tertiary alicyclic amines) is 1. The molecule has 1 N–H and O–H groups in total. The first-order valence-electron chi connectivity index (χ1n) is 7.55. The summed E-state index contributed by atoms with van der Waals surface area (Å²) in [6.07, 6.45) is 5.74. The minimum atomic E-state index is 0.351. The molecular weight excluding hydrogens is 348 g/mol. The minimum Gasteiger partial charge on any atom is -0.468 e. The molecule has 0 saturated carbocycles. The fourth-order valence-corrected chi connectivity index (χ4v) is 4.35. The van der Waals surface area contributed by atoms with E-state index in [4.69, 9.17) is 4.42 Å². The Morgan fingerprint density at radius 1 is 1.24 bits per heavy atom. The lowest BCUT2D eigenvalue weighted by molar-refractivity contribution is 0.142. The Bertz CT molecular complexity index is 534. The lowest BCUT2D eigenvalue weighted by atomic mass is 10.1. The number of furan rings is 1. The number of nitrogens with zero attached hydrogens (tertiary/aromatic N) is 1. The highest BCUT2D eigenvalue weighted by Crippen LogP contribution is 2.25. The zero-order valence-electron chi connectivity index (χ0n) is 12.1. The molecule has 3 rings (SSSR count). The maximum Gasteiger partial charge on any atom is 0.122 e. The number of nitrogens with one attached hydrogen (secondary N) is 1. The van der Waals surface area contributed by atoms with Crippen molar-refractivity contribution < 1.29 is 4.42 Å². The average molecular weight is 369 g/mol. The lowest BCUT2D eigenvalue weighted by Gasteiger charge is -2.33. The maximum atomic E-state index is 5.67. The molecule has 1 unspecified atom stereocenters. The molecule has 2 aromatic rings. The van der Waals surface area contributed by atoms with Crippen LogP contribution in [0.4, 0.5) is 0 Å². The van der Waals surface area contributed by atoms with Crippen LogP contribution in [-0.2, 0) is 6.54 Å². The Morgan fingerprint density at radius 3 is 2.76 bits per heavy atom. The normalized spacial score (nSPS) is 18.0. The maximum absolute atomic E-state index is 5.67. The Hall–Kier alpha value is -0.620. The number of halogens is 1. The van der Waals surface area contributed by atoms with Gasteiger partial charge in [-0.25, -0.2) is 0 Å². The fraction of sp³-hybridized carbons (Fsp3) is 0.500. The second-order valence-corrected chi connectivity index (χ2v) is 8.01. The molecule has 1 fully saturated rings. The van der Waals surface area contributed by atoms with Crippen molar-refractivity contribution in [2.24, 2.45) is 0 Å². The van der Waals surface area contributed by atoms with Crippen LogP contribution in [0.15, 0.2) is 38.7 Å². The van der Waals surface area contributed by atoms with Crippen molar-refractivity contribution in [2.75, 3.05) is 19.6 Å². The summed E-state index contributed by atoms with van der Waals surface area (Å²) in [5.74, 6) is 1.08. The summed E-state index contributed by atoms with van der Waals surface area (Å²) in [5.41, 5.74) is 0. The van der Waals surface area contributed by atoms with Gasteiger partial charge in [0, 0.05) is 18.0 Å². The fourth-order valence-electron chi connectivity index (χ4n) is 2.90. The number of hydrogen-bond acceptors (Lipinski definition) is 4. The van der Waals surface area contributed by atoms with Crippen LogP contribution in [0, 0.1) is 0 Å². The van der Waals surface area contributed by atoms with Gasteiger partial charge in [0.25, 0.3) is 0 Å². The number of thiophene rings is 1. The summed E-state index contributed by atoms with van der Waals surface area (Å²) in [5, 5.41) is 3.59. The number of hydrogen-bond donors (Lipinski definition) is 1. The van der Waals surface area contributed by atoms with Crippen LogP contribution >= 0.6 is 27.3 Å². The monoisotopic (exact) mass is 368 g/mol. The first-order chi connectivity index (χ1) is 10.3. The molecule has 1 atom stereocenters. The van der Waals surface area contributed by atoms with Gasteiger partial charge < -0.3 is 9.73 Å². The van der Waals surface area contributed by atoms with E-state index in [1.165, 1.54) is 41.0 Å². The zero-order chi connectivity index (χ0) is 14.5. The first kappa shape index (κ1) is 15.3. The van der Waals surface area contributed by atoms with Gasteiger partial charge in [-0.2, -0.15) is 0 Å². The molecule has 0 spiro atoms. The molecule has 0 amide bonds. The highest BCUT2D eigenvalue weighted by molar-refractivity contribution is 9.11. The molecule has 0 bridgehead atoms. The third kappa shape index (κ3) is 4.19. The molecule has 3 nitrogen and oxygen atoms in total. The van der Waals surface area contributed by atoms with Crippen molar-refractivity contribution in [3.63, 3.8) is 0 Å². The van der Waals surface area contributed by atoms with E-state index < -0.39 is 0 Å². The van der Waals surface area contributed by atoms with E-state index in [0.717, 1.165) is 18.8 Å². The van der Waals surface area contributed by atoms with E-state index in [1.54, 1.807) is 17.6 Å². The van der Waals surface area contributed by atoms with Crippen LogP contribution in [0.25, 0.3) is 0 Å². The Balaban J connectivity index is 1.59. The van der Waals surface area contributed by atoms with Crippen molar-refractivity contribution in [2.45, 2.75) is 31.8 Å². The summed E-state index contributed by atoms with van der Waals surface area (Å²) < 4.78 is 6.86. The SMILES string of the molecule is Brc1ccc(CNCC(c2ccco2)N2CCCCC2)s1. The van der Waals surface area contributed by atoms with Gasteiger partial charge in [-0.1, -0.05) is 6.42 Å². The molecule has 1 saturated heterocycles. The molecule has 5 heteroatoms. The molecule has 21 heavy (non-hydrogen) atoms. The summed E-state index contributed by atoms with van der Waals surface area (Å²) in [4.78, 5) is 3.92. The van der Waals surface area contributed by atoms with Gasteiger partial charge in [-0.05, 0) is 66.1 Å². The topological polar surface area (TPSA) is 28.4 Å². The van der Waals surface area contributed by atoms with E-state index in [-0.39, 0.29) is 0 Å². The van der Waals surface area contributed by atoms with Gasteiger partial charge in [0.2, 0.25) is 0 Å². The molecule has 0 aliphatic carbocycles. The molecule has 0 radical (unpaired) electrons. The standard InChI is InChI=1S/C16H21BrN2OS/c17-16-7-6-13(21-16)11-18-12-14(15-5-4-10-20-15)19-8-2-1-3-9-19/h4-7,10,14,18H,1-3,8-9,11-12H2. The van der Waals surface area contributed by atoms with E-state index in [1.807, 2.05) is 6.07 Å². The Labute approximate surface area is 138 Å². The van der Waals surface area contributed by atoms with Crippen LogP contribution in [0.1, 0.15) is 35.9 Å². The van der Waals surface area contributed by atoms with Crippen molar-refractivity contribution in [3.8, 4) is 0 Å². The molecule has 2 aromatic heterocycles. The average Bonchev–Trinajstić information content (AvgIpc) is 3.16. The van der Waals surface area contributed by atoms with Gasteiger partial charge in [0.15, 0.2) is 0 Å². The Morgan fingerprint density at radius 2 is 2.10 bits per heavy atom. The smallest absolute Gasteiger partial charge is 0.122 e. The van der Waals surface area contributed by atoms with Gasteiger partial charge in [-0.3, -0.25) is 4.90 Å². The third-order valence-electron chi connectivity index (χ3n) is 3.97. The van der Waals surface area contributed by atoms with E-state index >= 15 is 0 Å². The largest absolute Gasteiger partial charge is 0.468 e. The van der Waals surface area contributed by atoms with E-state index in [0.29, 0.717) is 6.04 Å². The van der Waals surface area contributed by atoms with Crippen molar-refractivity contribution in [1.29, 1.82) is 0 Å². The summed E-state index contributed by atoms with van der Waals surface area (Å²) >= 11 is 5.30. The molecule has 114 valence electrons. The summed E-state index contributed by atoms with van der Waals surface area (Å²) in [7, 11) is 0.